The second kappa shape index (κ2) is 4.63. The number of aliphatic carboxylic acids is 1. The number of ether oxygens (including phenoxy) is 2. The van der Waals surface area contributed by atoms with Crippen molar-refractivity contribution in [2.75, 3.05) is 14.2 Å². The Labute approximate surface area is 86.2 Å². The highest BCUT2D eigenvalue weighted by Crippen LogP contribution is 2.29. The summed E-state index contributed by atoms with van der Waals surface area (Å²) < 4.78 is 23.1. The van der Waals surface area contributed by atoms with E-state index >= 15 is 0 Å². The Balaban J connectivity index is 3.13. The molecule has 4 nitrogen and oxygen atoms in total. The maximum atomic E-state index is 13.3. The fraction of sp³-hybridized carbons (Fsp3) is 0.300. The molecule has 1 rings (SSSR count). The lowest BCUT2D eigenvalue weighted by molar-refractivity contribution is -0.136. The highest BCUT2D eigenvalue weighted by atomic mass is 19.1. The van der Waals surface area contributed by atoms with E-state index in [9.17, 15) is 9.18 Å². The number of carboxylic acids is 1. The molecule has 1 N–H and O–H groups in total. The van der Waals surface area contributed by atoms with Gasteiger partial charge in [0.25, 0.3) is 0 Å². The largest absolute Gasteiger partial charge is 0.493 e. The molecule has 0 aliphatic heterocycles. The molecule has 15 heavy (non-hydrogen) atoms. The van der Waals surface area contributed by atoms with E-state index in [0.29, 0.717) is 5.75 Å². The minimum absolute atomic E-state index is 0.0696. The zero-order chi connectivity index (χ0) is 11.4. The molecule has 82 valence electrons. The molecular weight excluding hydrogens is 203 g/mol. The van der Waals surface area contributed by atoms with E-state index in [-0.39, 0.29) is 17.7 Å². The first-order valence-corrected chi connectivity index (χ1v) is 4.20. The van der Waals surface area contributed by atoms with E-state index < -0.39 is 11.8 Å². The summed E-state index contributed by atoms with van der Waals surface area (Å²) in [4.78, 5) is 10.4. The first-order valence-electron chi connectivity index (χ1n) is 4.20. The average molecular weight is 214 g/mol. The molecule has 0 aromatic heterocycles. The molecular formula is C10H11FO4. The standard InChI is InChI=1S/C10H11FO4/c1-14-8-3-6(4-10(12)13)7(11)5-9(8)15-2/h3,5H,4H2,1-2H3,(H,12,13). The molecule has 5 heteroatoms. The Kier molecular flexibility index (Phi) is 3.49. The molecule has 0 saturated heterocycles. The third kappa shape index (κ3) is 2.59. The van der Waals surface area contributed by atoms with E-state index in [1.165, 1.54) is 20.3 Å². The molecule has 0 saturated carbocycles. The van der Waals surface area contributed by atoms with Crippen LogP contribution < -0.4 is 9.47 Å². The number of benzene rings is 1. The maximum Gasteiger partial charge on any atom is 0.307 e. The number of methoxy groups -OCH3 is 2. The summed E-state index contributed by atoms with van der Waals surface area (Å²) in [6.07, 6.45) is -0.383. The summed E-state index contributed by atoms with van der Waals surface area (Å²) >= 11 is 0. The van der Waals surface area contributed by atoms with Crippen LogP contribution in [0.3, 0.4) is 0 Å². The fourth-order valence-electron chi connectivity index (χ4n) is 1.19. The van der Waals surface area contributed by atoms with E-state index in [1.54, 1.807) is 0 Å². The van der Waals surface area contributed by atoms with Crippen molar-refractivity contribution in [2.45, 2.75) is 6.42 Å². The molecule has 0 spiro atoms. The van der Waals surface area contributed by atoms with Gasteiger partial charge in [0.2, 0.25) is 0 Å². The SMILES string of the molecule is COc1cc(F)c(CC(=O)O)cc1OC. The van der Waals surface area contributed by atoms with E-state index in [1.807, 2.05) is 0 Å². The molecule has 0 aliphatic rings. The quantitative estimate of drug-likeness (QED) is 0.824. The minimum atomic E-state index is -1.10. The van der Waals surface area contributed by atoms with Crippen molar-refractivity contribution in [3.63, 3.8) is 0 Å². The third-order valence-electron chi connectivity index (χ3n) is 1.89. The zero-order valence-electron chi connectivity index (χ0n) is 8.41. The van der Waals surface area contributed by atoms with Crippen LogP contribution in [-0.4, -0.2) is 25.3 Å². The van der Waals surface area contributed by atoms with Crippen molar-refractivity contribution >= 4 is 5.97 Å². The molecule has 0 heterocycles. The van der Waals surface area contributed by atoms with Crippen LogP contribution in [0.4, 0.5) is 4.39 Å². The van der Waals surface area contributed by atoms with Crippen molar-refractivity contribution in [2.24, 2.45) is 0 Å². The first kappa shape index (κ1) is 11.3. The molecule has 1 aromatic rings. The van der Waals surface area contributed by atoms with Gasteiger partial charge in [0, 0.05) is 11.6 Å². The summed E-state index contributed by atoms with van der Waals surface area (Å²) in [5.74, 6) is -1.16. The highest BCUT2D eigenvalue weighted by molar-refractivity contribution is 5.70. The van der Waals surface area contributed by atoms with Crippen molar-refractivity contribution in [1.29, 1.82) is 0 Å². The van der Waals surface area contributed by atoms with Crippen LogP contribution in [0.1, 0.15) is 5.56 Å². The van der Waals surface area contributed by atoms with Gasteiger partial charge in [0.15, 0.2) is 11.5 Å². The van der Waals surface area contributed by atoms with Crippen LogP contribution in [-0.2, 0) is 11.2 Å². The smallest absolute Gasteiger partial charge is 0.307 e. The predicted octanol–water partition coefficient (Wildman–Crippen LogP) is 1.47. The van der Waals surface area contributed by atoms with Crippen LogP contribution in [0.5, 0.6) is 11.5 Å². The summed E-state index contributed by atoms with van der Waals surface area (Å²) in [7, 11) is 2.79. The average Bonchev–Trinajstić information content (AvgIpc) is 2.19. The summed E-state index contributed by atoms with van der Waals surface area (Å²) in [6.45, 7) is 0. The monoisotopic (exact) mass is 214 g/mol. The molecule has 0 unspecified atom stereocenters. The lowest BCUT2D eigenvalue weighted by Gasteiger charge is -2.09. The molecule has 0 bridgehead atoms. The maximum absolute atomic E-state index is 13.3. The van der Waals surface area contributed by atoms with Gasteiger partial charge in [0.05, 0.1) is 20.6 Å². The van der Waals surface area contributed by atoms with Gasteiger partial charge in [-0.1, -0.05) is 0 Å². The second-order valence-electron chi connectivity index (χ2n) is 2.87. The normalized spacial score (nSPS) is 9.80. The van der Waals surface area contributed by atoms with E-state index in [4.69, 9.17) is 14.6 Å². The van der Waals surface area contributed by atoms with Crippen molar-refractivity contribution < 1.29 is 23.8 Å². The lowest BCUT2D eigenvalue weighted by atomic mass is 10.1. The predicted molar refractivity (Wildman–Crippen MR) is 50.8 cm³/mol. The number of carboxylic acid groups (broad SMARTS) is 1. The number of hydrogen-bond donors (Lipinski definition) is 1. The third-order valence-corrected chi connectivity index (χ3v) is 1.89. The van der Waals surface area contributed by atoms with Crippen molar-refractivity contribution in [1.82, 2.24) is 0 Å². The van der Waals surface area contributed by atoms with Gasteiger partial charge >= 0.3 is 5.97 Å². The molecule has 0 radical (unpaired) electrons. The molecule has 0 atom stereocenters. The summed E-state index contributed by atoms with van der Waals surface area (Å²) in [6, 6.07) is 2.43. The Hall–Kier alpha value is -1.78. The summed E-state index contributed by atoms with van der Waals surface area (Å²) in [5, 5.41) is 8.54. The minimum Gasteiger partial charge on any atom is -0.493 e. The molecule has 0 aliphatic carbocycles. The lowest BCUT2D eigenvalue weighted by Crippen LogP contribution is -2.03. The fourth-order valence-corrected chi connectivity index (χ4v) is 1.19. The molecule has 1 aromatic carbocycles. The van der Waals surface area contributed by atoms with Gasteiger partial charge in [-0.05, 0) is 6.07 Å². The molecule has 0 amide bonds. The number of halogens is 1. The van der Waals surface area contributed by atoms with Gasteiger partial charge in [0.1, 0.15) is 5.82 Å². The molecule has 0 fully saturated rings. The van der Waals surface area contributed by atoms with E-state index in [0.717, 1.165) is 6.07 Å². The van der Waals surface area contributed by atoms with Crippen LogP contribution in [0, 0.1) is 5.82 Å². The second-order valence-corrected chi connectivity index (χ2v) is 2.87. The van der Waals surface area contributed by atoms with Gasteiger partial charge in [-0.15, -0.1) is 0 Å². The Morgan fingerprint density at radius 2 is 1.87 bits per heavy atom. The van der Waals surface area contributed by atoms with Gasteiger partial charge < -0.3 is 14.6 Å². The van der Waals surface area contributed by atoms with E-state index in [2.05, 4.69) is 0 Å². The Bertz CT molecular complexity index is 376. The Morgan fingerprint density at radius 3 is 2.33 bits per heavy atom. The van der Waals surface area contributed by atoms with Gasteiger partial charge in [-0.2, -0.15) is 0 Å². The first-order chi connectivity index (χ1) is 7.08. The van der Waals surface area contributed by atoms with Crippen LogP contribution in [0.2, 0.25) is 0 Å². The van der Waals surface area contributed by atoms with Crippen LogP contribution in [0.15, 0.2) is 12.1 Å². The Morgan fingerprint density at radius 1 is 1.33 bits per heavy atom. The highest BCUT2D eigenvalue weighted by Gasteiger charge is 2.13. The van der Waals surface area contributed by atoms with Gasteiger partial charge in [-0.3, -0.25) is 4.79 Å². The number of rotatable bonds is 4. The van der Waals surface area contributed by atoms with Crippen molar-refractivity contribution in [3.8, 4) is 11.5 Å². The van der Waals surface area contributed by atoms with Crippen LogP contribution >= 0.6 is 0 Å². The zero-order valence-corrected chi connectivity index (χ0v) is 8.41. The summed E-state index contributed by atoms with van der Waals surface area (Å²) in [5.41, 5.74) is 0.0696. The van der Waals surface area contributed by atoms with Crippen molar-refractivity contribution in [3.05, 3.63) is 23.5 Å². The number of hydrogen-bond acceptors (Lipinski definition) is 3. The topological polar surface area (TPSA) is 55.8 Å². The van der Waals surface area contributed by atoms with Crippen LogP contribution in [0.25, 0.3) is 0 Å². The number of carbonyl (C=O) groups is 1. The van der Waals surface area contributed by atoms with Gasteiger partial charge in [-0.25, -0.2) is 4.39 Å².